The van der Waals surface area contributed by atoms with Gasteiger partial charge in [-0.25, -0.2) is 4.79 Å². The zero-order valence-electron chi connectivity index (χ0n) is 13.3. The van der Waals surface area contributed by atoms with E-state index in [-0.39, 0.29) is 5.97 Å². The first-order valence-electron chi connectivity index (χ1n) is 7.29. The van der Waals surface area contributed by atoms with Crippen LogP contribution in [0.25, 0.3) is 0 Å². The summed E-state index contributed by atoms with van der Waals surface area (Å²) in [7, 11) is 4.00. The maximum Gasteiger partial charge on any atom is 0.330 e. The number of ether oxygens (including phenoxy) is 1. The Balaban J connectivity index is 3.09. The third kappa shape index (κ3) is 4.70. The fourth-order valence-electron chi connectivity index (χ4n) is 2.27. The van der Waals surface area contributed by atoms with Crippen LogP contribution < -0.4 is 5.32 Å². The first-order valence-corrected chi connectivity index (χ1v) is 7.67. The van der Waals surface area contributed by atoms with Crippen molar-refractivity contribution in [2.24, 2.45) is 0 Å². The normalized spacial score (nSPS) is 14.0. The predicted molar refractivity (Wildman–Crippen MR) is 86.6 cm³/mol. The van der Waals surface area contributed by atoms with Crippen LogP contribution in [0.3, 0.4) is 0 Å². The zero-order valence-corrected chi connectivity index (χ0v) is 14.0. The molecule has 1 aromatic carbocycles. The lowest BCUT2D eigenvalue weighted by Crippen LogP contribution is -2.51. The van der Waals surface area contributed by atoms with Crippen molar-refractivity contribution in [1.82, 2.24) is 10.2 Å². The highest BCUT2D eigenvalue weighted by Gasteiger charge is 2.39. The van der Waals surface area contributed by atoms with Crippen LogP contribution in [0.5, 0.6) is 0 Å². The molecule has 0 aliphatic rings. The molecule has 0 heterocycles. The second-order valence-electron chi connectivity index (χ2n) is 5.22. The van der Waals surface area contributed by atoms with Crippen LogP contribution in [-0.2, 0) is 15.1 Å². The van der Waals surface area contributed by atoms with Crippen molar-refractivity contribution in [3.8, 4) is 0 Å². The van der Waals surface area contributed by atoms with E-state index in [2.05, 4.69) is 10.2 Å². The van der Waals surface area contributed by atoms with Crippen molar-refractivity contribution < 1.29 is 9.53 Å². The van der Waals surface area contributed by atoms with E-state index in [1.165, 1.54) is 0 Å². The van der Waals surface area contributed by atoms with Crippen LogP contribution in [0.1, 0.15) is 25.8 Å². The number of esters is 1. The lowest BCUT2D eigenvalue weighted by Gasteiger charge is -2.32. The fourth-order valence-corrected chi connectivity index (χ4v) is 2.46. The van der Waals surface area contributed by atoms with Crippen molar-refractivity contribution in [1.29, 1.82) is 0 Å². The number of nitrogens with zero attached hydrogens (tertiary/aromatic N) is 1. The van der Waals surface area contributed by atoms with Crippen molar-refractivity contribution in [2.45, 2.75) is 25.8 Å². The standard InChI is InChI=1S/C16H25ClN2O2/c1-5-16(15(20)21-6-2,18-10-11-19(3)4)13-8-7-9-14(17)12-13/h7-9,12,18H,5-6,10-11H2,1-4H3. The highest BCUT2D eigenvalue weighted by molar-refractivity contribution is 6.30. The minimum atomic E-state index is -0.850. The summed E-state index contributed by atoms with van der Waals surface area (Å²) >= 11 is 6.09. The van der Waals surface area contributed by atoms with Gasteiger partial charge < -0.3 is 9.64 Å². The quantitative estimate of drug-likeness (QED) is 0.749. The predicted octanol–water partition coefficient (Wildman–Crippen LogP) is 2.66. The van der Waals surface area contributed by atoms with E-state index in [1.54, 1.807) is 6.07 Å². The van der Waals surface area contributed by atoms with E-state index in [4.69, 9.17) is 16.3 Å². The summed E-state index contributed by atoms with van der Waals surface area (Å²) in [6, 6.07) is 7.39. The Bertz CT molecular complexity index is 465. The largest absolute Gasteiger partial charge is 0.464 e. The summed E-state index contributed by atoms with van der Waals surface area (Å²) < 4.78 is 5.29. The average Bonchev–Trinajstić information content (AvgIpc) is 2.43. The van der Waals surface area contributed by atoms with Crippen LogP contribution in [0, 0.1) is 0 Å². The fraction of sp³-hybridized carbons (Fsp3) is 0.562. The molecule has 1 atom stereocenters. The second kappa shape index (κ2) is 8.37. The van der Waals surface area contributed by atoms with Gasteiger partial charge in [0.2, 0.25) is 0 Å². The number of hydrogen-bond donors (Lipinski definition) is 1. The molecule has 1 rings (SSSR count). The van der Waals surface area contributed by atoms with Crippen molar-refractivity contribution in [3.05, 3.63) is 34.9 Å². The van der Waals surface area contributed by atoms with E-state index in [0.717, 1.165) is 12.1 Å². The SMILES string of the molecule is CCOC(=O)C(CC)(NCCN(C)C)c1cccc(Cl)c1. The molecule has 0 aromatic heterocycles. The van der Waals surface area contributed by atoms with Crippen LogP contribution in [-0.4, -0.2) is 44.7 Å². The number of carbonyl (C=O) groups excluding carboxylic acids is 1. The maximum absolute atomic E-state index is 12.5. The van der Waals surface area contributed by atoms with Gasteiger partial charge in [0.15, 0.2) is 0 Å². The van der Waals surface area contributed by atoms with Gasteiger partial charge in [-0.1, -0.05) is 30.7 Å². The van der Waals surface area contributed by atoms with Crippen LogP contribution in [0.15, 0.2) is 24.3 Å². The molecule has 0 amide bonds. The second-order valence-corrected chi connectivity index (χ2v) is 5.66. The molecule has 5 heteroatoms. The first kappa shape index (κ1) is 18.0. The summed E-state index contributed by atoms with van der Waals surface area (Å²) in [5.74, 6) is -0.256. The van der Waals surface area contributed by atoms with Gasteiger partial charge in [-0.15, -0.1) is 0 Å². The van der Waals surface area contributed by atoms with Gasteiger partial charge in [-0.2, -0.15) is 0 Å². The van der Waals surface area contributed by atoms with Crippen LogP contribution in [0.4, 0.5) is 0 Å². The van der Waals surface area contributed by atoms with E-state index in [0.29, 0.717) is 24.6 Å². The molecule has 1 N–H and O–H groups in total. The summed E-state index contributed by atoms with van der Waals surface area (Å²) in [5.41, 5.74) is -0.00796. The van der Waals surface area contributed by atoms with E-state index in [1.807, 2.05) is 46.1 Å². The third-order valence-corrected chi connectivity index (χ3v) is 3.69. The Labute approximate surface area is 132 Å². The van der Waals surface area contributed by atoms with Crippen LogP contribution >= 0.6 is 11.6 Å². The Morgan fingerprint density at radius 3 is 2.62 bits per heavy atom. The Hall–Kier alpha value is -1.10. The average molecular weight is 313 g/mol. The highest BCUT2D eigenvalue weighted by Crippen LogP contribution is 2.28. The van der Waals surface area contributed by atoms with E-state index >= 15 is 0 Å². The molecule has 0 saturated heterocycles. The summed E-state index contributed by atoms with van der Waals surface area (Å²) in [4.78, 5) is 14.6. The summed E-state index contributed by atoms with van der Waals surface area (Å²) in [6.07, 6.45) is 0.597. The molecule has 118 valence electrons. The van der Waals surface area contributed by atoms with Gasteiger partial charge in [-0.3, -0.25) is 5.32 Å². The number of halogens is 1. The molecule has 4 nitrogen and oxygen atoms in total. The molecule has 0 spiro atoms. The molecule has 1 unspecified atom stereocenters. The number of carbonyl (C=O) groups is 1. The smallest absolute Gasteiger partial charge is 0.330 e. The Morgan fingerprint density at radius 1 is 1.38 bits per heavy atom. The summed E-state index contributed by atoms with van der Waals surface area (Å²) in [5, 5.41) is 3.98. The molecule has 0 bridgehead atoms. The first-order chi connectivity index (χ1) is 9.96. The molecule has 21 heavy (non-hydrogen) atoms. The topological polar surface area (TPSA) is 41.6 Å². The number of rotatable bonds is 8. The number of likely N-dealkylation sites (N-methyl/N-ethyl adjacent to an activating group) is 1. The Morgan fingerprint density at radius 2 is 2.10 bits per heavy atom. The van der Waals surface area contributed by atoms with Gasteiger partial charge >= 0.3 is 5.97 Å². The van der Waals surface area contributed by atoms with E-state index in [9.17, 15) is 4.79 Å². The van der Waals surface area contributed by atoms with E-state index < -0.39 is 5.54 Å². The minimum Gasteiger partial charge on any atom is -0.464 e. The zero-order chi connectivity index (χ0) is 15.9. The molecular formula is C16H25ClN2O2. The Kier molecular flexibility index (Phi) is 7.15. The van der Waals surface area contributed by atoms with Gasteiger partial charge in [0.1, 0.15) is 5.54 Å². The van der Waals surface area contributed by atoms with Crippen LogP contribution in [0.2, 0.25) is 5.02 Å². The number of hydrogen-bond acceptors (Lipinski definition) is 4. The molecule has 0 aliphatic heterocycles. The number of benzene rings is 1. The highest BCUT2D eigenvalue weighted by atomic mass is 35.5. The van der Waals surface area contributed by atoms with Crippen molar-refractivity contribution >= 4 is 17.6 Å². The minimum absolute atomic E-state index is 0.256. The molecule has 1 aromatic rings. The third-order valence-electron chi connectivity index (χ3n) is 3.46. The monoisotopic (exact) mass is 312 g/mol. The lowest BCUT2D eigenvalue weighted by atomic mass is 9.87. The molecular weight excluding hydrogens is 288 g/mol. The van der Waals surface area contributed by atoms with Gasteiger partial charge in [0, 0.05) is 18.1 Å². The number of nitrogens with one attached hydrogen (secondary N) is 1. The van der Waals surface area contributed by atoms with Gasteiger partial charge in [0.25, 0.3) is 0 Å². The maximum atomic E-state index is 12.5. The lowest BCUT2D eigenvalue weighted by molar-refractivity contribution is -0.152. The summed E-state index contributed by atoms with van der Waals surface area (Å²) in [6.45, 7) is 5.67. The molecule has 0 fully saturated rings. The van der Waals surface area contributed by atoms with Gasteiger partial charge in [0.05, 0.1) is 6.61 Å². The molecule has 0 aliphatic carbocycles. The molecule has 0 saturated carbocycles. The van der Waals surface area contributed by atoms with Crippen molar-refractivity contribution in [2.75, 3.05) is 33.8 Å². The van der Waals surface area contributed by atoms with Gasteiger partial charge in [-0.05, 0) is 45.1 Å². The molecule has 0 radical (unpaired) electrons. The van der Waals surface area contributed by atoms with Crippen molar-refractivity contribution in [3.63, 3.8) is 0 Å².